The molecule has 0 amide bonds. The average Bonchev–Trinajstić information content (AvgIpc) is 3.22. The third-order valence-electron chi connectivity index (χ3n) is 9.53. The van der Waals surface area contributed by atoms with E-state index in [1.54, 1.807) is 20.3 Å². The Labute approximate surface area is 376 Å². The first-order chi connectivity index (χ1) is 29.2. The molecule has 10 heteroatoms. The van der Waals surface area contributed by atoms with Crippen LogP contribution in [0.1, 0.15) is 64.3 Å². The molecule has 0 atom stereocenters. The Kier molecular flexibility index (Phi) is 16.8. The van der Waals surface area contributed by atoms with E-state index in [4.69, 9.17) is 9.47 Å². The van der Waals surface area contributed by atoms with Crippen LogP contribution in [0.5, 0.6) is 23.0 Å². The van der Waals surface area contributed by atoms with Gasteiger partial charge in [0.05, 0.1) is 18.7 Å². The number of phenolic OH excluding ortho intramolecular Hbond substituents is 2. The molecule has 8 rings (SSSR count). The number of phenols is 2. The average molecular weight is 949 g/mol. The minimum absolute atomic E-state index is 0.203. The van der Waals surface area contributed by atoms with Gasteiger partial charge in [-0.3, -0.25) is 0 Å². The number of aryl methyl sites for hydroxylation is 1. The van der Waals surface area contributed by atoms with Crippen molar-refractivity contribution < 1.29 is 19.7 Å². The van der Waals surface area contributed by atoms with Crippen LogP contribution < -0.4 is 9.47 Å². The zero-order valence-electron chi connectivity index (χ0n) is 36.5. The summed E-state index contributed by atoms with van der Waals surface area (Å²) in [5.41, 5.74) is 7.43. The maximum atomic E-state index is 10.0. The monoisotopic (exact) mass is 946 g/mol. The molecule has 61 heavy (non-hydrogen) atoms. The van der Waals surface area contributed by atoms with Crippen molar-refractivity contribution in [3.05, 3.63) is 141 Å². The molecular formula is C51H56Br2N4O4. The Balaban J connectivity index is 0.000000155. The van der Waals surface area contributed by atoms with E-state index in [0.717, 1.165) is 90.6 Å². The molecule has 0 aliphatic carbocycles. The van der Waals surface area contributed by atoms with Gasteiger partial charge in [0.2, 0.25) is 0 Å². The Bertz CT molecular complexity index is 2720. The highest BCUT2D eigenvalue weighted by atomic mass is 79.9. The molecule has 4 heterocycles. The molecule has 0 radical (unpaired) electrons. The lowest BCUT2D eigenvalue weighted by atomic mass is 10.1. The number of para-hydroxylation sites is 3. The van der Waals surface area contributed by atoms with Crippen molar-refractivity contribution in [3.63, 3.8) is 0 Å². The van der Waals surface area contributed by atoms with Crippen LogP contribution in [0.15, 0.2) is 118 Å². The highest BCUT2D eigenvalue weighted by Gasteiger charge is 2.12. The molecule has 0 aliphatic heterocycles. The minimum Gasteiger partial charge on any atom is -0.506 e. The third-order valence-corrected chi connectivity index (χ3v) is 10.8. The molecule has 4 aromatic heterocycles. The molecule has 0 aliphatic rings. The largest absolute Gasteiger partial charge is 0.506 e. The van der Waals surface area contributed by atoms with E-state index in [1.807, 2.05) is 85.8 Å². The third kappa shape index (κ3) is 12.8. The SMILES string of the molecule is CC(C)Cc1ccc2c(Br)cc(Br)c(O)c2n1.CC(C)Cc1ccc2cccc(O)c2n1.COc1cccc2ccc(C)nc12.COc1cccc2ccc(CC(C)C)nc12. The molecule has 0 saturated carbocycles. The summed E-state index contributed by atoms with van der Waals surface area (Å²) >= 11 is 6.80. The van der Waals surface area contributed by atoms with E-state index >= 15 is 0 Å². The van der Waals surface area contributed by atoms with E-state index < -0.39 is 0 Å². The highest BCUT2D eigenvalue weighted by Crippen LogP contribution is 2.37. The molecule has 8 nitrogen and oxygen atoms in total. The summed E-state index contributed by atoms with van der Waals surface area (Å²) in [5, 5.41) is 23.8. The van der Waals surface area contributed by atoms with Crippen molar-refractivity contribution in [3.8, 4) is 23.0 Å². The number of fused-ring (bicyclic) bond motifs is 4. The number of halogens is 2. The van der Waals surface area contributed by atoms with Crippen LogP contribution in [-0.2, 0) is 19.3 Å². The fourth-order valence-corrected chi connectivity index (χ4v) is 7.99. The number of benzene rings is 4. The van der Waals surface area contributed by atoms with Crippen LogP contribution in [0.25, 0.3) is 43.6 Å². The second-order valence-corrected chi connectivity index (χ2v) is 17.9. The summed E-state index contributed by atoms with van der Waals surface area (Å²) in [6.07, 6.45) is 2.87. The number of nitrogens with zero attached hydrogens (tertiary/aromatic N) is 4. The minimum atomic E-state index is 0.203. The van der Waals surface area contributed by atoms with Gasteiger partial charge in [-0.1, -0.05) is 112 Å². The lowest BCUT2D eigenvalue weighted by molar-refractivity contribution is 0.418. The van der Waals surface area contributed by atoms with E-state index in [-0.39, 0.29) is 11.5 Å². The normalized spacial score (nSPS) is 11.0. The first-order valence-corrected chi connectivity index (χ1v) is 22.1. The van der Waals surface area contributed by atoms with Crippen molar-refractivity contribution in [1.82, 2.24) is 19.9 Å². The first kappa shape index (κ1) is 46.7. The van der Waals surface area contributed by atoms with Crippen LogP contribution in [-0.4, -0.2) is 44.4 Å². The summed E-state index contributed by atoms with van der Waals surface area (Å²) in [6.45, 7) is 15.0. The molecule has 8 aromatic rings. The van der Waals surface area contributed by atoms with Gasteiger partial charge in [-0.15, -0.1) is 0 Å². The van der Waals surface area contributed by atoms with Crippen molar-refractivity contribution >= 4 is 75.5 Å². The van der Waals surface area contributed by atoms with Crippen LogP contribution in [0.3, 0.4) is 0 Å². The van der Waals surface area contributed by atoms with Gasteiger partial charge in [0.15, 0.2) is 5.75 Å². The Morgan fingerprint density at radius 2 is 0.918 bits per heavy atom. The van der Waals surface area contributed by atoms with Gasteiger partial charge in [-0.2, -0.15) is 0 Å². The van der Waals surface area contributed by atoms with Gasteiger partial charge < -0.3 is 19.7 Å². The molecule has 0 unspecified atom stereocenters. The summed E-state index contributed by atoms with van der Waals surface area (Å²) in [4.78, 5) is 18.1. The maximum Gasteiger partial charge on any atom is 0.156 e. The van der Waals surface area contributed by atoms with Crippen molar-refractivity contribution in [2.45, 2.75) is 67.7 Å². The summed E-state index contributed by atoms with van der Waals surface area (Å²) in [5.74, 6) is 3.91. The van der Waals surface area contributed by atoms with Crippen molar-refractivity contribution in [2.75, 3.05) is 14.2 Å². The van der Waals surface area contributed by atoms with E-state index in [1.165, 1.54) is 0 Å². The number of pyridine rings is 4. The molecule has 0 spiro atoms. The second-order valence-electron chi connectivity index (χ2n) is 16.2. The smallest absolute Gasteiger partial charge is 0.156 e. The topological polar surface area (TPSA) is 110 Å². The van der Waals surface area contributed by atoms with Crippen molar-refractivity contribution in [1.29, 1.82) is 0 Å². The summed E-state index contributed by atoms with van der Waals surface area (Å²) in [7, 11) is 3.35. The van der Waals surface area contributed by atoms with Gasteiger partial charge in [-0.25, -0.2) is 19.9 Å². The molecule has 318 valence electrons. The quantitative estimate of drug-likeness (QED) is 0.155. The van der Waals surface area contributed by atoms with Gasteiger partial charge >= 0.3 is 0 Å². The van der Waals surface area contributed by atoms with Gasteiger partial charge in [0.25, 0.3) is 0 Å². The highest BCUT2D eigenvalue weighted by molar-refractivity contribution is 9.11. The second kappa shape index (κ2) is 22.0. The summed E-state index contributed by atoms with van der Waals surface area (Å²) in [6, 6.07) is 35.6. The fourth-order valence-electron chi connectivity index (χ4n) is 6.72. The maximum absolute atomic E-state index is 10.0. The van der Waals surface area contributed by atoms with E-state index in [0.29, 0.717) is 33.3 Å². The van der Waals surface area contributed by atoms with Crippen LogP contribution in [0, 0.1) is 24.7 Å². The molecule has 4 aromatic carbocycles. The zero-order valence-corrected chi connectivity index (χ0v) is 39.7. The molecular weight excluding hydrogens is 892 g/mol. The molecule has 0 saturated heterocycles. The van der Waals surface area contributed by atoms with E-state index in [9.17, 15) is 10.2 Å². The predicted octanol–water partition coefficient (Wildman–Crippen LogP) is 13.8. The van der Waals surface area contributed by atoms with Crippen LogP contribution in [0.4, 0.5) is 0 Å². The van der Waals surface area contributed by atoms with Crippen molar-refractivity contribution in [2.24, 2.45) is 17.8 Å². The fraction of sp³-hybridized carbons (Fsp3) is 0.294. The number of hydrogen-bond donors (Lipinski definition) is 2. The van der Waals surface area contributed by atoms with Gasteiger partial charge in [0.1, 0.15) is 39.3 Å². The summed E-state index contributed by atoms with van der Waals surface area (Å²) < 4.78 is 12.1. The standard InChI is InChI=1S/C14H17NO.C13H13Br2NO.C13H15NO.C11H11NO/c1-10(2)9-12-8-7-11-5-4-6-13(16-3)14(11)15-12;1-7(2)5-8-3-4-9-10(14)6-11(15)13(17)12(9)16-8;1-9(2)8-11-7-6-10-4-3-5-12(15)13(10)14-11;1-8-6-7-9-4-3-5-10(13-2)11(9)12-8/h4-8,10H,9H2,1-3H3;3-4,6-7,17H,5H2,1-2H3;3-7,9,15H,8H2,1-2H3;3-7H,1-2H3. The number of aromatic nitrogens is 4. The Morgan fingerprint density at radius 1 is 0.492 bits per heavy atom. The van der Waals surface area contributed by atoms with Crippen LogP contribution in [0.2, 0.25) is 0 Å². The number of methoxy groups -OCH3 is 2. The van der Waals surface area contributed by atoms with Gasteiger partial charge in [-0.05, 0) is 114 Å². The van der Waals surface area contributed by atoms with Crippen LogP contribution >= 0.6 is 31.9 Å². The lowest BCUT2D eigenvalue weighted by Gasteiger charge is -2.09. The predicted molar refractivity (Wildman–Crippen MR) is 259 cm³/mol. The first-order valence-electron chi connectivity index (χ1n) is 20.5. The molecule has 0 bridgehead atoms. The number of aromatic hydroxyl groups is 2. The zero-order chi connectivity index (χ0) is 44.2. The lowest BCUT2D eigenvalue weighted by Crippen LogP contribution is -1.98. The molecule has 2 N–H and O–H groups in total. The van der Waals surface area contributed by atoms with E-state index in [2.05, 4.69) is 118 Å². The number of rotatable bonds is 8. The number of hydrogen-bond acceptors (Lipinski definition) is 8. The van der Waals surface area contributed by atoms with Gasteiger partial charge in [0, 0.05) is 48.8 Å². The molecule has 0 fully saturated rings. The number of ether oxygens (including phenoxy) is 2. The Hall–Kier alpha value is -5.32. The Morgan fingerprint density at radius 3 is 1.43 bits per heavy atom.